The van der Waals surface area contributed by atoms with Crippen molar-refractivity contribution in [2.75, 3.05) is 63.2 Å². The van der Waals surface area contributed by atoms with E-state index in [4.69, 9.17) is 4.74 Å². The van der Waals surface area contributed by atoms with Gasteiger partial charge in [0, 0.05) is 56.0 Å². The molecule has 28 heavy (non-hydrogen) atoms. The first kappa shape index (κ1) is 19.9. The monoisotopic (exact) mass is 404 g/mol. The van der Waals surface area contributed by atoms with E-state index >= 15 is 0 Å². The van der Waals surface area contributed by atoms with E-state index in [1.54, 1.807) is 7.11 Å². The SMILES string of the molecule is COc1ccc(NC(=O)NC[C@H]2C[C@@H]3CCN2C[C@@H]3CN2CCSCC2)cc1. The number of carbonyl (C=O) groups excluding carboxylic acids is 1. The number of amides is 2. The molecule has 0 aromatic heterocycles. The molecule has 5 rings (SSSR count). The Labute approximate surface area is 172 Å². The molecule has 1 aromatic carbocycles. The van der Waals surface area contributed by atoms with Crippen LogP contribution in [0.5, 0.6) is 5.75 Å². The molecule has 4 aliphatic rings. The van der Waals surface area contributed by atoms with Crippen molar-refractivity contribution in [1.82, 2.24) is 15.1 Å². The first-order chi connectivity index (χ1) is 13.7. The summed E-state index contributed by atoms with van der Waals surface area (Å²) in [5.74, 6) is 4.99. The summed E-state index contributed by atoms with van der Waals surface area (Å²) in [5, 5.41) is 5.98. The van der Waals surface area contributed by atoms with Crippen molar-refractivity contribution in [3.63, 3.8) is 0 Å². The molecule has 1 aromatic rings. The van der Waals surface area contributed by atoms with Crippen molar-refractivity contribution in [2.24, 2.45) is 11.8 Å². The summed E-state index contributed by atoms with van der Waals surface area (Å²) in [5.41, 5.74) is 0.781. The number of piperidine rings is 3. The van der Waals surface area contributed by atoms with Gasteiger partial charge in [0.1, 0.15) is 5.75 Å². The number of hydrogen-bond donors (Lipinski definition) is 2. The van der Waals surface area contributed by atoms with E-state index in [-0.39, 0.29) is 6.03 Å². The third kappa shape index (κ3) is 4.93. The molecule has 4 fully saturated rings. The van der Waals surface area contributed by atoms with Crippen LogP contribution in [-0.4, -0.2) is 79.8 Å². The van der Waals surface area contributed by atoms with Crippen molar-refractivity contribution in [1.29, 1.82) is 0 Å². The van der Waals surface area contributed by atoms with Gasteiger partial charge < -0.3 is 20.3 Å². The van der Waals surface area contributed by atoms with Gasteiger partial charge in [-0.25, -0.2) is 4.79 Å². The fourth-order valence-corrected chi connectivity index (χ4v) is 5.82. The Hall–Kier alpha value is -1.44. The van der Waals surface area contributed by atoms with Crippen molar-refractivity contribution < 1.29 is 9.53 Å². The molecular weight excluding hydrogens is 372 g/mol. The van der Waals surface area contributed by atoms with Crippen LogP contribution in [0.2, 0.25) is 0 Å². The predicted octanol–water partition coefficient (Wildman–Crippen LogP) is 2.58. The fraction of sp³-hybridized carbons (Fsp3) is 0.667. The van der Waals surface area contributed by atoms with Crippen molar-refractivity contribution in [2.45, 2.75) is 18.9 Å². The number of nitrogens with zero attached hydrogens (tertiary/aromatic N) is 2. The minimum Gasteiger partial charge on any atom is -0.497 e. The molecule has 0 radical (unpaired) electrons. The zero-order valence-electron chi connectivity index (χ0n) is 16.7. The number of ether oxygens (including phenoxy) is 1. The molecule has 1 unspecified atom stereocenters. The van der Waals surface area contributed by atoms with Gasteiger partial charge in [-0.3, -0.25) is 4.90 Å². The molecule has 2 bridgehead atoms. The van der Waals surface area contributed by atoms with E-state index in [9.17, 15) is 4.79 Å². The second-order valence-corrected chi connectivity index (χ2v) is 9.39. The largest absolute Gasteiger partial charge is 0.497 e. The van der Waals surface area contributed by atoms with Crippen LogP contribution in [0.1, 0.15) is 12.8 Å². The van der Waals surface area contributed by atoms with Gasteiger partial charge in [-0.15, -0.1) is 0 Å². The molecule has 2 N–H and O–H groups in total. The average molecular weight is 405 g/mol. The van der Waals surface area contributed by atoms with E-state index in [0.29, 0.717) is 6.04 Å². The second-order valence-electron chi connectivity index (χ2n) is 8.17. The highest BCUT2D eigenvalue weighted by Crippen LogP contribution is 2.36. The lowest BCUT2D eigenvalue weighted by Crippen LogP contribution is -2.59. The van der Waals surface area contributed by atoms with Crippen LogP contribution in [0.4, 0.5) is 10.5 Å². The minimum absolute atomic E-state index is 0.129. The Morgan fingerprint density at radius 2 is 2.00 bits per heavy atom. The molecule has 0 saturated carbocycles. The Morgan fingerprint density at radius 3 is 2.68 bits per heavy atom. The van der Waals surface area contributed by atoms with Gasteiger partial charge in [-0.1, -0.05) is 0 Å². The van der Waals surface area contributed by atoms with Crippen LogP contribution in [0, 0.1) is 11.8 Å². The van der Waals surface area contributed by atoms with Gasteiger partial charge in [-0.05, 0) is 55.5 Å². The molecule has 7 heteroatoms. The van der Waals surface area contributed by atoms with Gasteiger partial charge in [0.05, 0.1) is 7.11 Å². The van der Waals surface area contributed by atoms with Gasteiger partial charge in [0.15, 0.2) is 0 Å². The minimum atomic E-state index is -0.129. The number of benzene rings is 1. The summed E-state index contributed by atoms with van der Waals surface area (Å²) < 4.78 is 5.15. The number of urea groups is 1. The molecule has 4 aliphatic heterocycles. The molecule has 0 aliphatic carbocycles. The maximum absolute atomic E-state index is 12.3. The molecule has 4 atom stereocenters. The summed E-state index contributed by atoms with van der Waals surface area (Å²) in [6.07, 6.45) is 2.54. The standard InChI is InChI=1S/C21H32N4O2S/c1-27-20-4-2-18(3-5-20)23-21(26)22-13-19-12-16-6-7-25(19)15-17(16)14-24-8-10-28-11-9-24/h2-5,16-17,19H,6-15H2,1H3,(H2,22,23,26)/t16-,17-,19+/m0/s1. The van der Waals surface area contributed by atoms with Crippen molar-refractivity contribution >= 4 is 23.5 Å². The Morgan fingerprint density at radius 1 is 1.21 bits per heavy atom. The summed E-state index contributed by atoms with van der Waals surface area (Å²) >= 11 is 2.08. The van der Waals surface area contributed by atoms with Crippen molar-refractivity contribution in [3.05, 3.63) is 24.3 Å². The maximum atomic E-state index is 12.3. The highest BCUT2D eigenvalue weighted by molar-refractivity contribution is 7.99. The van der Waals surface area contributed by atoms with E-state index in [2.05, 4.69) is 32.2 Å². The molecular formula is C21H32N4O2S. The summed E-state index contributed by atoms with van der Waals surface area (Å²) in [4.78, 5) is 17.5. The molecule has 4 saturated heterocycles. The number of anilines is 1. The van der Waals surface area contributed by atoms with Gasteiger partial charge in [0.25, 0.3) is 0 Å². The van der Waals surface area contributed by atoms with E-state index < -0.39 is 0 Å². The van der Waals surface area contributed by atoms with Crippen LogP contribution >= 0.6 is 11.8 Å². The average Bonchev–Trinajstić information content (AvgIpc) is 2.74. The van der Waals surface area contributed by atoms with E-state index in [1.807, 2.05) is 24.3 Å². The lowest BCUT2D eigenvalue weighted by atomic mass is 9.75. The normalized spacial score (nSPS) is 30.0. The second kappa shape index (κ2) is 9.37. The Bertz CT molecular complexity index is 650. The van der Waals surface area contributed by atoms with Gasteiger partial charge >= 0.3 is 6.03 Å². The first-order valence-corrected chi connectivity index (χ1v) is 11.6. The number of methoxy groups -OCH3 is 1. The Balaban J connectivity index is 1.22. The Kier molecular flexibility index (Phi) is 6.65. The number of rotatable bonds is 6. The van der Waals surface area contributed by atoms with E-state index in [1.165, 1.54) is 57.1 Å². The highest BCUT2D eigenvalue weighted by Gasteiger charge is 2.40. The third-order valence-corrected chi connectivity index (χ3v) is 7.40. The summed E-state index contributed by atoms with van der Waals surface area (Å²) in [6, 6.07) is 7.76. The van der Waals surface area contributed by atoms with Crippen LogP contribution in [0.15, 0.2) is 24.3 Å². The molecule has 2 amide bonds. The predicted molar refractivity (Wildman–Crippen MR) is 115 cm³/mol. The van der Waals surface area contributed by atoms with Crippen molar-refractivity contribution in [3.8, 4) is 5.75 Å². The van der Waals surface area contributed by atoms with Gasteiger partial charge in [-0.2, -0.15) is 11.8 Å². The highest BCUT2D eigenvalue weighted by atomic mass is 32.2. The van der Waals surface area contributed by atoms with Gasteiger partial charge in [0.2, 0.25) is 0 Å². The van der Waals surface area contributed by atoms with Crippen LogP contribution in [0.3, 0.4) is 0 Å². The third-order valence-electron chi connectivity index (χ3n) is 6.46. The molecule has 154 valence electrons. The molecule has 0 spiro atoms. The topological polar surface area (TPSA) is 56.8 Å². The quantitative estimate of drug-likeness (QED) is 0.763. The number of fused-ring (bicyclic) bond motifs is 3. The van der Waals surface area contributed by atoms with Crippen LogP contribution < -0.4 is 15.4 Å². The number of hydrogen-bond acceptors (Lipinski definition) is 5. The summed E-state index contributed by atoms with van der Waals surface area (Å²) in [7, 11) is 1.64. The smallest absolute Gasteiger partial charge is 0.319 e. The number of thioether (sulfide) groups is 1. The summed E-state index contributed by atoms with van der Waals surface area (Å²) in [6.45, 7) is 6.88. The molecule has 4 heterocycles. The lowest BCUT2D eigenvalue weighted by molar-refractivity contribution is -0.00980. The zero-order valence-corrected chi connectivity index (χ0v) is 17.5. The van der Waals surface area contributed by atoms with Crippen LogP contribution in [-0.2, 0) is 0 Å². The number of carbonyl (C=O) groups is 1. The first-order valence-electron chi connectivity index (χ1n) is 10.4. The maximum Gasteiger partial charge on any atom is 0.319 e. The zero-order chi connectivity index (χ0) is 19.3. The lowest BCUT2D eigenvalue weighted by Gasteiger charge is -2.51. The van der Waals surface area contributed by atoms with Crippen LogP contribution in [0.25, 0.3) is 0 Å². The van der Waals surface area contributed by atoms with E-state index in [0.717, 1.165) is 29.8 Å². The number of nitrogens with one attached hydrogen (secondary N) is 2. The molecule has 6 nitrogen and oxygen atoms in total. The fourth-order valence-electron chi connectivity index (χ4n) is 4.84.